The van der Waals surface area contributed by atoms with Gasteiger partial charge < -0.3 is 15.8 Å². The summed E-state index contributed by atoms with van der Waals surface area (Å²) < 4.78 is 5.10. The molecule has 0 bridgehead atoms. The van der Waals surface area contributed by atoms with Crippen molar-refractivity contribution in [2.75, 3.05) is 18.2 Å². The van der Waals surface area contributed by atoms with Crippen molar-refractivity contribution in [2.24, 2.45) is 0 Å². The van der Waals surface area contributed by atoms with E-state index in [4.69, 9.17) is 10.5 Å². The normalized spacial score (nSPS) is 10.0. The number of nitrogens with zero attached hydrogens (tertiary/aromatic N) is 1. The molecule has 0 aliphatic heterocycles. The number of rotatable bonds is 3. The Kier molecular flexibility index (Phi) is 3.66. The number of methoxy groups -OCH3 is 1. The molecule has 1 amide bonds. The maximum absolute atomic E-state index is 12.0. The lowest BCUT2D eigenvalue weighted by Gasteiger charge is -2.09. The predicted octanol–water partition coefficient (Wildman–Crippen LogP) is 2.23. The minimum atomic E-state index is -0.268. The molecule has 0 atom stereocenters. The molecule has 98 valence electrons. The number of amides is 1. The molecule has 2 rings (SSSR count). The summed E-state index contributed by atoms with van der Waals surface area (Å²) in [7, 11) is 1.53. The SMILES string of the molecule is COc1cc(NC(=O)c2cccc(C)n2)ccc1N. The van der Waals surface area contributed by atoms with Crippen molar-refractivity contribution < 1.29 is 9.53 Å². The maximum Gasteiger partial charge on any atom is 0.274 e. The Morgan fingerprint density at radius 3 is 2.79 bits per heavy atom. The van der Waals surface area contributed by atoms with Gasteiger partial charge in [-0.15, -0.1) is 0 Å². The largest absolute Gasteiger partial charge is 0.495 e. The summed E-state index contributed by atoms with van der Waals surface area (Å²) in [6, 6.07) is 10.4. The number of aryl methyl sites for hydroxylation is 1. The van der Waals surface area contributed by atoms with Crippen LogP contribution in [0.25, 0.3) is 0 Å². The summed E-state index contributed by atoms with van der Waals surface area (Å²) in [5.41, 5.74) is 8.01. The number of nitrogen functional groups attached to an aromatic ring is 1. The number of hydrogen-bond donors (Lipinski definition) is 2. The molecular weight excluding hydrogens is 242 g/mol. The lowest BCUT2D eigenvalue weighted by Crippen LogP contribution is -2.14. The minimum absolute atomic E-state index is 0.268. The highest BCUT2D eigenvalue weighted by Crippen LogP contribution is 2.25. The van der Waals surface area contributed by atoms with Crippen LogP contribution < -0.4 is 15.8 Å². The first kappa shape index (κ1) is 12.9. The molecule has 5 heteroatoms. The van der Waals surface area contributed by atoms with Gasteiger partial charge in [0.15, 0.2) is 0 Å². The molecule has 0 saturated heterocycles. The monoisotopic (exact) mass is 257 g/mol. The fraction of sp³-hybridized carbons (Fsp3) is 0.143. The molecule has 19 heavy (non-hydrogen) atoms. The summed E-state index contributed by atoms with van der Waals surface area (Å²) >= 11 is 0. The van der Waals surface area contributed by atoms with E-state index in [1.165, 1.54) is 7.11 Å². The average Bonchev–Trinajstić information content (AvgIpc) is 2.41. The molecule has 0 aliphatic carbocycles. The summed E-state index contributed by atoms with van der Waals surface area (Å²) in [5, 5.41) is 2.75. The smallest absolute Gasteiger partial charge is 0.274 e. The van der Waals surface area contributed by atoms with Crippen LogP contribution in [0.4, 0.5) is 11.4 Å². The molecule has 1 aromatic carbocycles. The molecular formula is C14H15N3O2. The van der Waals surface area contributed by atoms with Crippen LogP contribution in [0.2, 0.25) is 0 Å². The van der Waals surface area contributed by atoms with Crippen LogP contribution >= 0.6 is 0 Å². The van der Waals surface area contributed by atoms with E-state index in [0.717, 1.165) is 5.69 Å². The van der Waals surface area contributed by atoms with Crippen molar-refractivity contribution in [3.05, 3.63) is 47.8 Å². The number of hydrogen-bond acceptors (Lipinski definition) is 4. The molecule has 2 aromatic rings. The van der Waals surface area contributed by atoms with Gasteiger partial charge in [-0.05, 0) is 31.2 Å². The second kappa shape index (κ2) is 5.39. The van der Waals surface area contributed by atoms with Crippen LogP contribution in [0.5, 0.6) is 5.75 Å². The van der Waals surface area contributed by atoms with Crippen molar-refractivity contribution in [3.8, 4) is 5.75 Å². The highest BCUT2D eigenvalue weighted by Gasteiger charge is 2.09. The van der Waals surface area contributed by atoms with Crippen molar-refractivity contribution in [1.29, 1.82) is 0 Å². The molecule has 0 fully saturated rings. The number of anilines is 2. The Balaban J connectivity index is 2.19. The van der Waals surface area contributed by atoms with Gasteiger partial charge in [-0.1, -0.05) is 6.07 Å². The maximum atomic E-state index is 12.0. The van der Waals surface area contributed by atoms with E-state index >= 15 is 0 Å². The first-order valence-corrected chi connectivity index (χ1v) is 5.78. The number of ether oxygens (including phenoxy) is 1. The van der Waals surface area contributed by atoms with Crippen LogP contribution in [0.15, 0.2) is 36.4 Å². The molecule has 0 spiro atoms. The number of carbonyl (C=O) groups excluding carboxylic acids is 1. The van der Waals surface area contributed by atoms with E-state index in [-0.39, 0.29) is 5.91 Å². The van der Waals surface area contributed by atoms with Gasteiger partial charge in [-0.2, -0.15) is 0 Å². The quantitative estimate of drug-likeness (QED) is 0.827. The number of aromatic nitrogens is 1. The Morgan fingerprint density at radius 2 is 2.11 bits per heavy atom. The van der Waals surface area contributed by atoms with Crippen LogP contribution in [-0.2, 0) is 0 Å². The Morgan fingerprint density at radius 1 is 1.32 bits per heavy atom. The number of benzene rings is 1. The van der Waals surface area contributed by atoms with Crippen LogP contribution in [0, 0.1) is 6.92 Å². The first-order chi connectivity index (χ1) is 9.10. The number of carbonyl (C=O) groups is 1. The molecule has 0 radical (unpaired) electrons. The minimum Gasteiger partial charge on any atom is -0.495 e. The number of pyridine rings is 1. The summed E-state index contributed by atoms with van der Waals surface area (Å²) in [6.07, 6.45) is 0. The lowest BCUT2D eigenvalue weighted by molar-refractivity contribution is 0.102. The summed E-state index contributed by atoms with van der Waals surface area (Å²) in [5.74, 6) is 0.255. The standard InChI is InChI=1S/C14H15N3O2/c1-9-4-3-5-12(16-9)14(18)17-10-6-7-11(15)13(8-10)19-2/h3-8H,15H2,1-2H3,(H,17,18). The van der Waals surface area contributed by atoms with E-state index < -0.39 is 0 Å². The van der Waals surface area contributed by atoms with Crippen molar-refractivity contribution in [1.82, 2.24) is 4.98 Å². The molecule has 0 aliphatic rings. The zero-order valence-corrected chi connectivity index (χ0v) is 10.8. The highest BCUT2D eigenvalue weighted by atomic mass is 16.5. The van der Waals surface area contributed by atoms with E-state index in [1.807, 2.05) is 13.0 Å². The number of nitrogens with one attached hydrogen (secondary N) is 1. The van der Waals surface area contributed by atoms with Gasteiger partial charge in [0.25, 0.3) is 5.91 Å². The molecule has 1 aromatic heterocycles. The van der Waals surface area contributed by atoms with Crippen molar-refractivity contribution >= 4 is 17.3 Å². The van der Waals surface area contributed by atoms with E-state index in [9.17, 15) is 4.79 Å². The lowest BCUT2D eigenvalue weighted by atomic mass is 10.2. The zero-order valence-electron chi connectivity index (χ0n) is 10.8. The molecule has 0 unspecified atom stereocenters. The van der Waals surface area contributed by atoms with Crippen molar-refractivity contribution in [2.45, 2.75) is 6.92 Å². The molecule has 0 saturated carbocycles. The van der Waals surface area contributed by atoms with Crippen LogP contribution in [-0.4, -0.2) is 18.0 Å². The van der Waals surface area contributed by atoms with E-state index in [0.29, 0.717) is 22.8 Å². The van der Waals surface area contributed by atoms with Gasteiger partial charge in [0.2, 0.25) is 0 Å². The first-order valence-electron chi connectivity index (χ1n) is 5.78. The topological polar surface area (TPSA) is 77.2 Å². The molecule has 3 N–H and O–H groups in total. The van der Waals surface area contributed by atoms with Gasteiger partial charge in [-0.25, -0.2) is 4.98 Å². The van der Waals surface area contributed by atoms with Gasteiger partial charge in [-0.3, -0.25) is 4.79 Å². The summed E-state index contributed by atoms with van der Waals surface area (Å²) in [4.78, 5) is 16.2. The van der Waals surface area contributed by atoms with Crippen molar-refractivity contribution in [3.63, 3.8) is 0 Å². The second-order valence-corrected chi connectivity index (χ2v) is 4.08. The Bertz CT molecular complexity index is 611. The highest BCUT2D eigenvalue weighted by molar-refractivity contribution is 6.03. The van der Waals surface area contributed by atoms with Gasteiger partial charge in [0, 0.05) is 17.4 Å². The third kappa shape index (κ3) is 3.01. The van der Waals surface area contributed by atoms with Gasteiger partial charge >= 0.3 is 0 Å². The van der Waals surface area contributed by atoms with E-state index in [2.05, 4.69) is 10.3 Å². The van der Waals surface area contributed by atoms with Crippen LogP contribution in [0.1, 0.15) is 16.2 Å². The van der Waals surface area contributed by atoms with Gasteiger partial charge in [0.05, 0.1) is 12.8 Å². The Hall–Kier alpha value is -2.56. The van der Waals surface area contributed by atoms with E-state index in [1.54, 1.807) is 30.3 Å². The third-order valence-corrected chi connectivity index (χ3v) is 2.61. The predicted molar refractivity (Wildman–Crippen MR) is 74.3 cm³/mol. The average molecular weight is 257 g/mol. The Labute approximate surface area is 111 Å². The van der Waals surface area contributed by atoms with Gasteiger partial charge in [0.1, 0.15) is 11.4 Å². The fourth-order valence-corrected chi connectivity index (χ4v) is 1.65. The second-order valence-electron chi connectivity index (χ2n) is 4.08. The van der Waals surface area contributed by atoms with Crippen LogP contribution in [0.3, 0.4) is 0 Å². The number of nitrogens with two attached hydrogens (primary N) is 1. The molecule has 5 nitrogen and oxygen atoms in total. The third-order valence-electron chi connectivity index (χ3n) is 2.61. The molecule has 1 heterocycles. The zero-order chi connectivity index (χ0) is 13.8. The summed E-state index contributed by atoms with van der Waals surface area (Å²) in [6.45, 7) is 1.84. The fourth-order valence-electron chi connectivity index (χ4n) is 1.65.